The first-order valence-corrected chi connectivity index (χ1v) is 9.82. The minimum absolute atomic E-state index is 0.0122. The zero-order valence-electron chi connectivity index (χ0n) is 15.8. The number of rotatable bonds is 3. The van der Waals surface area contributed by atoms with E-state index in [1.807, 2.05) is 6.07 Å². The Morgan fingerprint density at radius 3 is 2.23 bits per heavy atom. The van der Waals surface area contributed by atoms with Crippen molar-refractivity contribution in [2.45, 2.75) is 5.92 Å². The van der Waals surface area contributed by atoms with Crippen molar-refractivity contribution in [3.8, 4) is 6.07 Å². The summed E-state index contributed by atoms with van der Waals surface area (Å²) in [6, 6.07) is 12.7. The van der Waals surface area contributed by atoms with Crippen LogP contribution in [0.3, 0.4) is 0 Å². The van der Waals surface area contributed by atoms with Crippen LogP contribution >= 0.6 is 11.3 Å². The van der Waals surface area contributed by atoms with Gasteiger partial charge in [-0.05, 0) is 41.5 Å². The van der Waals surface area contributed by atoms with E-state index < -0.39 is 29.0 Å². The number of carbonyl (C=O) groups excluding carboxylic acids is 1. The molecule has 4 rings (SSSR count). The molecule has 1 aliphatic rings. The molecule has 0 bridgehead atoms. The molecule has 1 amide bonds. The Kier molecular flexibility index (Phi) is 5.01. The second-order valence-corrected chi connectivity index (χ2v) is 7.81. The molecule has 0 saturated heterocycles. The maximum atomic E-state index is 13.4. The van der Waals surface area contributed by atoms with Gasteiger partial charge in [-0.25, -0.2) is 8.78 Å². The fourth-order valence-corrected chi connectivity index (χ4v) is 4.67. The Morgan fingerprint density at radius 2 is 1.68 bits per heavy atom. The molecule has 3 aromatic rings. The Balaban J connectivity index is 2.07. The lowest BCUT2D eigenvalue weighted by Crippen LogP contribution is -2.41. The summed E-state index contributed by atoms with van der Waals surface area (Å²) in [7, 11) is 0. The van der Waals surface area contributed by atoms with Crippen molar-refractivity contribution in [2.75, 3.05) is 0 Å². The van der Waals surface area contributed by atoms with Gasteiger partial charge in [-0.15, -0.1) is 11.3 Å². The Bertz CT molecular complexity index is 1460. The van der Waals surface area contributed by atoms with Gasteiger partial charge in [0.2, 0.25) is 5.91 Å². The molecule has 2 aromatic carbocycles. The first-order valence-electron chi connectivity index (χ1n) is 9.00. The summed E-state index contributed by atoms with van der Waals surface area (Å²) in [5.74, 6) is -2.81. The smallest absolute Gasteiger partial charge is 0.274 e. The van der Waals surface area contributed by atoms with Gasteiger partial charge in [0.1, 0.15) is 22.1 Å². The SMILES string of the molecule is N#CC1=C(N)n2c(s/c(=C/c3ccc(F)cc3)c2=O)=C(C(N)=O)[C@@H]1c1ccc(F)cc1. The van der Waals surface area contributed by atoms with Crippen molar-refractivity contribution in [3.05, 3.63) is 96.4 Å². The molecular weight excluding hydrogens is 422 g/mol. The largest absolute Gasteiger partial charge is 0.384 e. The number of thiazole rings is 1. The quantitative estimate of drug-likeness (QED) is 0.640. The van der Waals surface area contributed by atoms with Crippen LogP contribution in [0.4, 0.5) is 8.78 Å². The van der Waals surface area contributed by atoms with Crippen molar-refractivity contribution in [1.29, 1.82) is 5.26 Å². The Labute approximate surface area is 178 Å². The minimum atomic E-state index is -0.945. The number of nitrogens with two attached hydrogens (primary N) is 2. The highest BCUT2D eigenvalue weighted by Crippen LogP contribution is 2.35. The number of hydrogen-bond donors (Lipinski definition) is 2. The van der Waals surface area contributed by atoms with E-state index >= 15 is 0 Å². The van der Waals surface area contributed by atoms with Crippen molar-refractivity contribution in [3.63, 3.8) is 0 Å². The summed E-state index contributed by atoms with van der Waals surface area (Å²) in [4.78, 5) is 25.5. The first-order chi connectivity index (χ1) is 14.8. The third-order valence-electron chi connectivity index (χ3n) is 4.91. The lowest BCUT2D eigenvalue weighted by atomic mass is 9.83. The number of hydrogen-bond acceptors (Lipinski definition) is 5. The lowest BCUT2D eigenvalue weighted by molar-refractivity contribution is -0.113. The number of primary amides is 1. The van der Waals surface area contributed by atoms with E-state index in [-0.39, 0.29) is 26.2 Å². The molecular formula is C22H14F2N4O2S. The number of nitriles is 1. The molecule has 1 atom stereocenters. The van der Waals surface area contributed by atoms with Crippen LogP contribution in [0.1, 0.15) is 17.0 Å². The van der Waals surface area contributed by atoms with Crippen molar-refractivity contribution in [1.82, 2.24) is 4.57 Å². The van der Waals surface area contributed by atoms with E-state index in [0.717, 1.165) is 15.9 Å². The van der Waals surface area contributed by atoms with Crippen LogP contribution in [-0.2, 0) is 4.79 Å². The van der Waals surface area contributed by atoms with Crippen molar-refractivity contribution < 1.29 is 13.6 Å². The first kappa shape index (κ1) is 20.3. The third-order valence-corrected chi connectivity index (χ3v) is 6.01. The summed E-state index contributed by atoms with van der Waals surface area (Å²) < 4.78 is 28.1. The van der Waals surface area contributed by atoms with Gasteiger partial charge in [0.25, 0.3) is 5.56 Å². The standard InChI is InChI=1S/C22H14F2N4O2S/c23-13-5-1-11(2-6-13)9-16-21(30)28-19(26)15(10-25)17(12-3-7-14(24)8-4-12)18(20(27)29)22(28)31-16/h1-9,17H,26H2,(H2,27,29)/b16-9+/t17-/m1/s1. The zero-order chi connectivity index (χ0) is 22.3. The summed E-state index contributed by atoms with van der Waals surface area (Å²) in [6.45, 7) is 0. The zero-order valence-corrected chi connectivity index (χ0v) is 16.6. The molecule has 0 saturated carbocycles. The molecule has 0 aliphatic carbocycles. The second kappa shape index (κ2) is 7.66. The van der Waals surface area contributed by atoms with Gasteiger partial charge in [-0.1, -0.05) is 24.3 Å². The number of fused-ring (bicyclic) bond motifs is 1. The van der Waals surface area contributed by atoms with E-state index in [1.54, 1.807) is 0 Å². The lowest BCUT2D eigenvalue weighted by Gasteiger charge is -2.24. The number of benzene rings is 2. The van der Waals surface area contributed by atoms with Crippen molar-refractivity contribution >= 4 is 34.7 Å². The van der Waals surface area contributed by atoms with Crippen LogP contribution in [-0.4, -0.2) is 10.5 Å². The normalized spacial score (nSPS) is 16.2. The van der Waals surface area contributed by atoms with E-state index in [9.17, 15) is 23.6 Å². The van der Waals surface area contributed by atoms with Gasteiger partial charge < -0.3 is 11.5 Å². The number of halogens is 2. The maximum Gasteiger partial charge on any atom is 0.274 e. The van der Waals surface area contributed by atoms with Gasteiger partial charge >= 0.3 is 0 Å². The number of amides is 1. The fraction of sp³-hybridized carbons (Fsp3) is 0.0455. The molecule has 0 spiro atoms. The summed E-state index contributed by atoms with van der Waals surface area (Å²) >= 11 is 0.981. The average Bonchev–Trinajstić information content (AvgIpc) is 3.06. The third kappa shape index (κ3) is 3.43. The van der Waals surface area contributed by atoms with Crippen LogP contribution in [0.25, 0.3) is 17.5 Å². The highest BCUT2D eigenvalue weighted by atomic mass is 32.1. The minimum Gasteiger partial charge on any atom is -0.384 e. The number of aromatic nitrogens is 1. The van der Waals surface area contributed by atoms with Crippen LogP contribution in [0, 0.1) is 23.0 Å². The van der Waals surface area contributed by atoms with Gasteiger partial charge in [0, 0.05) is 0 Å². The molecule has 1 aromatic heterocycles. The maximum absolute atomic E-state index is 13.4. The Morgan fingerprint density at radius 1 is 1.10 bits per heavy atom. The van der Waals surface area contributed by atoms with Gasteiger partial charge in [-0.3, -0.25) is 14.2 Å². The van der Waals surface area contributed by atoms with E-state index in [2.05, 4.69) is 0 Å². The number of carbonyl (C=O) groups is 1. The highest BCUT2D eigenvalue weighted by Gasteiger charge is 2.34. The van der Waals surface area contributed by atoms with Gasteiger partial charge in [0.05, 0.1) is 27.7 Å². The van der Waals surface area contributed by atoms with Crippen molar-refractivity contribution in [2.24, 2.45) is 11.5 Å². The number of allylic oxidation sites excluding steroid dienone is 1. The molecule has 9 heteroatoms. The summed E-state index contributed by atoms with van der Waals surface area (Å²) in [6.07, 6.45) is 1.53. The average molecular weight is 436 g/mol. The van der Waals surface area contributed by atoms with E-state index in [4.69, 9.17) is 11.5 Å². The monoisotopic (exact) mass is 436 g/mol. The predicted octanol–water partition coefficient (Wildman–Crippen LogP) is 1.10. The van der Waals surface area contributed by atoms with Crippen LogP contribution in [0.2, 0.25) is 0 Å². The molecule has 2 heterocycles. The molecule has 1 aliphatic heterocycles. The summed E-state index contributed by atoms with van der Waals surface area (Å²) in [5, 5.41) is 9.75. The topological polar surface area (TPSA) is 115 Å². The molecule has 0 radical (unpaired) electrons. The van der Waals surface area contributed by atoms with Crippen LogP contribution in [0.5, 0.6) is 0 Å². The number of nitrogens with zero attached hydrogens (tertiary/aromatic N) is 2. The fourth-order valence-electron chi connectivity index (χ4n) is 3.49. The van der Waals surface area contributed by atoms with E-state index in [0.29, 0.717) is 11.1 Å². The van der Waals surface area contributed by atoms with Crippen LogP contribution < -0.4 is 26.2 Å². The van der Waals surface area contributed by atoms with Gasteiger partial charge in [0.15, 0.2) is 0 Å². The molecule has 6 nitrogen and oxygen atoms in total. The second-order valence-electron chi connectivity index (χ2n) is 6.78. The summed E-state index contributed by atoms with van der Waals surface area (Å²) in [5.41, 5.74) is 12.3. The highest BCUT2D eigenvalue weighted by molar-refractivity contribution is 7.07. The molecule has 0 fully saturated rings. The predicted molar refractivity (Wildman–Crippen MR) is 113 cm³/mol. The van der Waals surface area contributed by atoms with E-state index in [1.165, 1.54) is 54.6 Å². The molecule has 31 heavy (non-hydrogen) atoms. The molecule has 0 unspecified atom stereocenters. The molecule has 4 N–H and O–H groups in total. The van der Waals surface area contributed by atoms with Gasteiger partial charge in [-0.2, -0.15) is 5.26 Å². The van der Waals surface area contributed by atoms with Crippen LogP contribution in [0.15, 0.2) is 58.9 Å². The Hall–Kier alpha value is -4.03. The molecule has 154 valence electrons.